The lowest BCUT2D eigenvalue weighted by Crippen LogP contribution is -2.66. The molecule has 4 saturated carbocycles. The number of ether oxygens (including phenoxy) is 1. The van der Waals surface area contributed by atoms with Crippen LogP contribution in [0.4, 0.5) is 0 Å². The van der Waals surface area contributed by atoms with Gasteiger partial charge < -0.3 is 10.1 Å². The van der Waals surface area contributed by atoms with Gasteiger partial charge in [0, 0.05) is 16.9 Å². The Morgan fingerprint density at radius 3 is 2.35 bits per heavy atom. The summed E-state index contributed by atoms with van der Waals surface area (Å²) < 4.78 is 5.45. The van der Waals surface area contributed by atoms with Gasteiger partial charge in [-0.05, 0) is 90.9 Å². The van der Waals surface area contributed by atoms with Crippen LogP contribution in [0.3, 0.4) is 0 Å². The van der Waals surface area contributed by atoms with Gasteiger partial charge in [-0.1, -0.05) is 54.0 Å². The van der Waals surface area contributed by atoms with Crippen LogP contribution in [0.5, 0.6) is 0 Å². The van der Waals surface area contributed by atoms with Gasteiger partial charge in [0.2, 0.25) is 0 Å². The van der Waals surface area contributed by atoms with Crippen molar-refractivity contribution in [3.63, 3.8) is 0 Å². The molecule has 4 fully saturated rings. The third kappa shape index (κ3) is 3.32. The van der Waals surface area contributed by atoms with Crippen molar-refractivity contribution in [2.24, 2.45) is 60.5 Å². The van der Waals surface area contributed by atoms with Gasteiger partial charge in [0.05, 0.1) is 12.5 Å². The molecule has 1 heterocycles. The smallest absolute Gasteiger partial charge is 0.312 e. The monoisotopic (exact) mass is 549 g/mol. The lowest BCUT2D eigenvalue weighted by molar-refractivity contribution is -0.192. The molecule has 0 bridgehead atoms. The molecule has 1 N–H and O–H groups in total. The number of hydrogen-bond donors (Lipinski definition) is 1. The largest absolute Gasteiger partial charge is 0.469 e. The first-order valence-corrected chi connectivity index (χ1v) is 15.3. The average molecular weight is 550 g/mol. The minimum absolute atomic E-state index is 0.0275. The maximum atomic E-state index is 14.6. The number of nitrogens with one attached hydrogen (secondary N) is 1. The van der Waals surface area contributed by atoms with E-state index in [0.717, 1.165) is 50.5 Å². The Hall–Kier alpha value is -2.31. The fraction of sp³-hybridized carbons (Fsp3) is 0.788. The zero-order chi connectivity index (χ0) is 29.1. The number of allylic oxidation sites excluding steroid dienone is 3. The number of esters is 1. The maximum Gasteiger partial charge on any atom is 0.312 e. The first kappa shape index (κ1) is 27.8. The van der Waals surface area contributed by atoms with Crippen LogP contribution < -0.4 is 5.32 Å². The molecule has 5 aliphatic carbocycles. The normalized spacial score (nSPS) is 46.8. The van der Waals surface area contributed by atoms with E-state index in [9.17, 15) is 14.4 Å². The summed E-state index contributed by atoms with van der Waals surface area (Å²) >= 11 is 0. The highest BCUT2D eigenvalue weighted by Crippen LogP contribution is 2.75. The van der Waals surface area contributed by atoms with E-state index < -0.39 is 10.8 Å². The number of Topliss-reactive ketones (excluding diaryl/α,β-unsaturated/α-hetero) is 1. The van der Waals surface area contributed by atoms with E-state index in [1.54, 1.807) is 0 Å². The Kier molecular flexibility index (Phi) is 5.83. The molecule has 0 aromatic rings. The molecular weight excluding hydrogens is 502 g/mol. The van der Waals surface area contributed by atoms with Crippen molar-refractivity contribution in [1.29, 1.82) is 0 Å². The van der Waals surface area contributed by atoms with Crippen LogP contribution in [-0.2, 0) is 19.1 Å². The molecule has 7 nitrogen and oxygen atoms in total. The Morgan fingerprint density at radius 2 is 1.70 bits per heavy atom. The first-order valence-electron chi connectivity index (χ1n) is 15.3. The zero-order valence-corrected chi connectivity index (χ0v) is 25.7. The molecule has 218 valence electrons. The molecule has 6 aliphatic rings. The molecule has 0 aromatic heterocycles. The molecule has 40 heavy (non-hydrogen) atoms. The van der Waals surface area contributed by atoms with E-state index >= 15 is 0 Å². The number of carbonyl (C=O) groups excluding carboxylic acids is 3. The van der Waals surface area contributed by atoms with Gasteiger partial charge in [-0.2, -0.15) is 5.11 Å². The van der Waals surface area contributed by atoms with Gasteiger partial charge in [0.25, 0.3) is 0 Å². The summed E-state index contributed by atoms with van der Waals surface area (Å²) in [6, 6.07) is 0. The molecular formula is C33H47N3O4. The predicted octanol–water partition coefficient (Wildman–Crippen LogP) is 6.54. The van der Waals surface area contributed by atoms with Crippen LogP contribution in [0, 0.1) is 50.2 Å². The summed E-state index contributed by atoms with van der Waals surface area (Å²) in [6.07, 6.45) is 8.67. The van der Waals surface area contributed by atoms with Gasteiger partial charge >= 0.3 is 5.97 Å². The van der Waals surface area contributed by atoms with Crippen molar-refractivity contribution in [3.05, 3.63) is 23.0 Å². The minimum Gasteiger partial charge on any atom is -0.469 e. The van der Waals surface area contributed by atoms with Crippen molar-refractivity contribution in [2.75, 3.05) is 13.8 Å². The van der Waals surface area contributed by atoms with Crippen molar-refractivity contribution in [2.45, 2.75) is 99.8 Å². The summed E-state index contributed by atoms with van der Waals surface area (Å²) in [4.78, 5) is 41.9. The molecule has 7 heteroatoms. The SMILES string of the molecule is COC(=O)[C@]12CCC(C)(C)C[C@H]1[C@H]1C(=O)C=C3[C@@]4(C)CC(=C5N=NCN5)C(=O)C(C)(C)C4CC[C@@]3(C)[C@]1(C)CC2. The lowest BCUT2D eigenvalue weighted by Gasteiger charge is -2.69. The third-order valence-electron chi connectivity index (χ3n) is 13.3. The van der Waals surface area contributed by atoms with Crippen molar-refractivity contribution >= 4 is 17.5 Å². The Morgan fingerprint density at radius 1 is 1.00 bits per heavy atom. The van der Waals surface area contributed by atoms with E-state index in [4.69, 9.17) is 4.74 Å². The van der Waals surface area contributed by atoms with Crippen molar-refractivity contribution < 1.29 is 19.1 Å². The summed E-state index contributed by atoms with van der Waals surface area (Å²) in [5.74, 6) is 0.695. The molecule has 1 aliphatic heterocycles. The molecule has 1 unspecified atom stereocenters. The summed E-state index contributed by atoms with van der Waals surface area (Å²) in [6.45, 7) is 16.2. The highest BCUT2D eigenvalue weighted by Gasteiger charge is 2.71. The maximum absolute atomic E-state index is 14.6. The second-order valence-electron chi connectivity index (χ2n) is 15.9. The standard InChI is InChI=1S/C33H47N3O4/c1-28(2)11-13-33(27(39)40-8)14-12-32(7)24(20(33)17-28)21(37)15-23-30(5)16-19(26-34-18-35-36-26)25(38)29(3,4)22(30)9-10-31(23,32)6/h15,20,22,24,34H,9-14,16-18H2,1-8H3/t20-,22?,24-,30-,31+,32+,33-/m0/s1. The van der Waals surface area contributed by atoms with Gasteiger partial charge in [0.1, 0.15) is 6.67 Å². The Balaban J connectivity index is 1.51. The van der Waals surface area contributed by atoms with Crippen LogP contribution in [0.25, 0.3) is 0 Å². The average Bonchev–Trinajstić information content (AvgIpc) is 3.42. The number of azo groups is 1. The molecule has 0 radical (unpaired) electrons. The number of carbonyl (C=O) groups is 3. The second-order valence-corrected chi connectivity index (χ2v) is 15.9. The van der Waals surface area contributed by atoms with E-state index in [2.05, 4.69) is 64.0 Å². The van der Waals surface area contributed by atoms with Gasteiger partial charge in [-0.25, -0.2) is 0 Å². The highest BCUT2D eigenvalue weighted by atomic mass is 16.5. The highest BCUT2D eigenvalue weighted by molar-refractivity contribution is 6.02. The zero-order valence-electron chi connectivity index (χ0n) is 25.7. The van der Waals surface area contributed by atoms with Crippen LogP contribution in [0.2, 0.25) is 0 Å². The van der Waals surface area contributed by atoms with Gasteiger partial charge in [-0.15, -0.1) is 5.11 Å². The van der Waals surface area contributed by atoms with E-state index in [1.165, 1.54) is 12.7 Å². The summed E-state index contributed by atoms with van der Waals surface area (Å²) in [5.41, 5.74) is 0.0262. The molecule has 0 saturated heterocycles. The van der Waals surface area contributed by atoms with E-state index in [1.807, 2.05) is 6.08 Å². The fourth-order valence-electron chi connectivity index (χ4n) is 11.0. The van der Waals surface area contributed by atoms with Crippen LogP contribution in [-0.4, -0.2) is 31.3 Å². The van der Waals surface area contributed by atoms with E-state index in [-0.39, 0.29) is 56.9 Å². The molecule has 0 aromatic carbocycles. The van der Waals surface area contributed by atoms with Crippen LogP contribution in [0.15, 0.2) is 33.3 Å². The molecule has 6 rings (SSSR count). The third-order valence-corrected chi connectivity index (χ3v) is 13.3. The molecule has 0 amide bonds. The van der Waals surface area contributed by atoms with E-state index in [0.29, 0.717) is 18.9 Å². The minimum atomic E-state index is -0.580. The molecule has 0 spiro atoms. The molecule has 7 atom stereocenters. The van der Waals surface area contributed by atoms with Crippen LogP contribution in [0.1, 0.15) is 99.8 Å². The quantitative estimate of drug-likeness (QED) is 0.296. The lowest BCUT2D eigenvalue weighted by atomic mass is 9.33. The number of fused-ring (bicyclic) bond motifs is 7. The number of rotatable bonds is 1. The van der Waals surface area contributed by atoms with Crippen LogP contribution >= 0.6 is 0 Å². The van der Waals surface area contributed by atoms with Crippen molar-refractivity contribution in [3.8, 4) is 0 Å². The van der Waals surface area contributed by atoms with Gasteiger partial charge in [0.15, 0.2) is 17.4 Å². The van der Waals surface area contributed by atoms with Crippen molar-refractivity contribution in [1.82, 2.24) is 5.32 Å². The number of ketones is 2. The predicted molar refractivity (Wildman–Crippen MR) is 152 cm³/mol. The topological polar surface area (TPSA) is 97.2 Å². The number of hydrogen-bond acceptors (Lipinski definition) is 7. The number of methoxy groups -OCH3 is 1. The fourth-order valence-corrected chi connectivity index (χ4v) is 11.0. The second kappa shape index (κ2) is 8.38. The summed E-state index contributed by atoms with van der Waals surface area (Å²) in [5, 5.41) is 11.6. The van der Waals surface area contributed by atoms with Gasteiger partial charge in [-0.3, -0.25) is 14.4 Å². The Bertz CT molecular complexity index is 1290. The first-order chi connectivity index (χ1) is 18.6. The number of nitrogens with zero attached hydrogens (tertiary/aromatic N) is 2. The Labute approximate surface area is 239 Å². The summed E-state index contributed by atoms with van der Waals surface area (Å²) in [7, 11) is 1.50.